The maximum Gasteiger partial charge on any atom is 0.244 e. The fourth-order valence-corrected chi connectivity index (χ4v) is 2.64. The molecular weight excluding hydrogens is 306 g/mol. The van der Waals surface area contributed by atoms with Crippen LogP contribution in [0.15, 0.2) is 30.3 Å². The molecular formula is C18H21N3O3. The van der Waals surface area contributed by atoms with Gasteiger partial charge in [0.25, 0.3) is 0 Å². The summed E-state index contributed by atoms with van der Waals surface area (Å²) in [6.07, 6.45) is 3.28. The number of nitrogens with one attached hydrogen (secondary N) is 1. The van der Waals surface area contributed by atoms with Crippen LogP contribution in [0.1, 0.15) is 23.9 Å². The zero-order valence-corrected chi connectivity index (χ0v) is 14.1. The monoisotopic (exact) mass is 327 g/mol. The van der Waals surface area contributed by atoms with Gasteiger partial charge in [-0.05, 0) is 50.6 Å². The van der Waals surface area contributed by atoms with Crippen molar-refractivity contribution in [3.63, 3.8) is 0 Å². The number of rotatable bonds is 5. The van der Waals surface area contributed by atoms with Crippen LogP contribution in [-0.4, -0.2) is 28.5 Å². The molecule has 1 aliphatic rings. The van der Waals surface area contributed by atoms with Gasteiger partial charge >= 0.3 is 0 Å². The average molecular weight is 327 g/mol. The second-order valence-corrected chi connectivity index (χ2v) is 5.96. The summed E-state index contributed by atoms with van der Waals surface area (Å²) in [5, 5.41) is 7.35. The van der Waals surface area contributed by atoms with Crippen LogP contribution in [0, 0.1) is 13.8 Å². The van der Waals surface area contributed by atoms with Crippen LogP contribution in [0.25, 0.3) is 6.08 Å². The molecule has 0 aliphatic carbocycles. The third-order valence-corrected chi connectivity index (χ3v) is 3.76. The Morgan fingerprint density at radius 3 is 2.88 bits per heavy atom. The van der Waals surface area contributed by atoms with Crippen LogP contribution < -0.4 is 14.8 Å². The maximum absolute atomic E-state index is 12.1. The number of benzene rings is 1. The number of hydrogen-bond donors (Lipinski definition) is 1. The lowest BCUT2D eigenvalue weighted by Gasteiger charge is -2.13. The minimum atomic E-state index is -0.137. The Balaban J connectivity index is 1.55. The van der Waals surface area contributed by atoms with E-state index in [1.165, 1.54) is 6.08 Å². The van der Waals surface area contributed by atoms with Crippen molar-refractivity contribution in [3.8, 4) is 11.5 Å². The van der Waals surface area contributed by atoms with Crippen molar-refractivity contribution in [2.24, 2.45) is 0 Å². The second kappa shape index (κ2) is 6.78. The van der Waals surface area contributed by atoms with E-state index in [1.54, 1.807) is 6.08 Å². The van der Waals surface area contributed by atoms with E-state index < -0.39 is 0 Å². The molecule has 0 bridgehead atoms. The van der Waals surface area contributed by atoms with Gasteiger partial charge < -0.3 is 14.8 Å². The standard InChI is InChI=1S/C18H21N3O3/c1-12-8-14(3)21(20-12)10-13(2)19-18(22)7-5-15-4-6-16-17(9-15)24-11-23-16/h4-9,13H,10-11H2,1-3H3,(H,19,22)/b7-5+. The van der Waals surface area contributed by atoms with E-state index in [0.29, 0.717) is 12.3 Å². The van der Waals surface area contributed by atoms with Gasteiger partial charge in [0.2, 0.25) is 12.7 Å². The highest BCUT2D eigenvalue weighted by Crippen LogP contribution is 2.32. The lowest BCUT2D eigenvalue weighted by Crippen LogP contribution is -2.35. The molecule has 0 saturated heterocycles. The largest absolute Gasteiger partial charge is 0.454 e. The Bertz CT molecular complexity index is 780. The number of amides is 1. The molecule has 2 aromatic rings. The first-order chi connectivity index (χ1) is 11.5. The number of carbonyl (C=O) groups is 1. The van der Waals surface area contributed by atoms with Crippen LogP contribution in [0.3, 0.4) is 0 Å². The molecule has 1 amide bonds. The number of carbonyl (C=O) groups excluding carboxylic acids is 1. The number of nitrogens with zero attached hydrogens (tertiary/aromatic N) is 2. The molecule has 0 radical (unpaired) electrons. The van der Waals surface area contributed by atoms with Crippen LogP contribution in [0.4, 0.5) is 0 Å². The van der Waals surface area contributed by atoms with E-state index in [1.807, 2.05) is 49.7 Å². The molecule has 0 spiro atoms. The van der Waals surface area contributed by atoms with Gasteiger partial charge in [-0.3, -0.25) is 9.48 Å². The number of aryl methyl sites for hydroxylation is 2. The molecule has 1 unspecified atom stereocenters. The smallest absolute Gasteiger partial charge is 0.244 e. The lowest BCUT2D eigenvalue weighted by molar-refractivity contribution is -0.117. The SMILES string of the molecule is Cc1cc(C)n(CC(C)NC(=O)/C=C/c2ccc3c(c2)OCO3)n1. The van der Waals surface area contributed by atoms with Crippen molar-refractivity contribution in [1.29, 1.82) is 0 Å². The van der Waals surface area contributed by atoms with Gasteiger partial charge in [-0.15, -0.1) is 0 Å². The molecule has 6 nitrogen and oxygen atoms in total. The summed E-state index contributed by atoms with van der Waals surface area (Å²) in [5.41, 5.74) is 2.96. The molecule has 6 heteroatoms. The number of hydrogen-bond acceptors (Lipinski definition) is 4. The van der Waals surface area contributed by atoms with Gasteiger partial charge in [0.05, 0.1) is 12.2 Å². The van der Waals surface area contributed by atoms with Crippen LogP contribution in [0.5, 0.6) is 11.5 Å². The first-order valence-corrected chi connectivity index (χ1v) is 7.90. The quantitative estimate of drug-likeness (QED) is 0.857. The fourth-order valence-electron chi connectivity index (χ4n) is 2.64. The topological polar surface area (TPSA) is 65.4 Å². The zero-order chi connectivity index (χ0) is 17.1. The van der Waals surface area contributed by atoms with Gasteiger partial charge in [0.1, 0.15) is 0 Å². The Morgan fingerprint density at radius 1 is 1.33 bits per heavy atom. The molecule has 126 valence electrons. The molecule has 1 aliphatic heterocycles. The summed E-state index contributed by atoms with van der Waals surface area (Å²) >= 11 is 0. The molecule has 1 aromatic heterocycles. The number of aromatic nitrogens is 2. The highest BCUT2D eigenvalue weighted by molar-refractivity contribution is 5.92. The van der Waals surface area contributed by atoms with Crippen LogP contribution in [0.2, 0.25) is 0 Å². The highest BCUT2D eigenvalue weighted by Gasteiger charge is 2.12. The Kier molecular flexibility index (Phi) is 4.55. The summed E-state index contributed by atoms with van der Waals surface area (Å²) in [5.74, 6) is 1.30. The molecule has 0 saturated carbocycles. The third kappa shape index (κ3) is 3.76. The fraction of sp³-hybridized carbons (Fsp3) is 0.333. The first kappa shape index (κ1) is 16.1. The van der Waals surface area contributed by atoms with E-state index in [9.17, 15) is 4.79 Å². The minimum Gasteiger partial charge on any atom is -0.454 e. The van der Waals surface area contributed by atoms with Crippen LogP contribution in [-0.2, 0) is 11.3 Å². The Morgan fingerprint density at radius 2 is 2.12 bits per heavy atom. The normalized spacial score (nSPS) is 14.1. The van der Waals surface area contributed by atoms with E-state index in [4.69, 9.17) is 9.47 Å². The van der Waals surface area contributed by atoms with Crippen molar-refractivity contribution < 1.29 is 14.3 Å². The summed E-state index contributed by atoms with van der Waals surface area (Å²) < 4.78 is 12.5. The summed E-state index contributed by atoms with van der Waals surface area (Å²) in [6.45, 7) is 6.81. The second-order valence-electron chi connectivity index (χ2n) is 5.96. The molecule has 24 heavy (non-hydrogen) atoms. The average Bonchev–Trinajstić information content (AvgIpc) is 3.11. The third-order valence-electron chi connectivity index (χ3n) is 3.76. The van der Waals surface area contributed by atoms with Gasteiger partial charge in [-0.25, -0.2) is 0 Å². The number of ether oxygens (including phenoxy) is 2. The molecule has 3 rings (SSSR count). The minimum absolute atomic E-state index is 0.0168. The predicted molar refractivity (Wildman–Crippen MR) is 90.9 cm³/mol. The van der Waals surface area contributed by atoms with Gasteiger partial charge in [0.15, 0.2) is 11.5 Å². The van der Waals surface area contributed by atoms with Crippen LogP contribution >= 0.6 is 0 Å². The highest BCUT2D eigenvalue weighted by atomic mass is 16.7. The Labute approximate surface area is 141 Å². The summed E-state index contributed by atoms with van der Waals surface area (Å²) in [6, 6.07) is 7.58. The molecule has 2 heterocycles. The van der Waals surface area contributed by atoms with Crippen molar-refractivity contribution in [2.45, 2.75) is 33.4 Å². The first-order valence-electron chi connectivity index (χ1n) is 7.90. The molecule has 0 fully saturated rings. The van der Waals surface area contributed by atoms with Gasteiger partial charge in [-0.1, -0.05) is 6.07 Å². The lowest BCUT2D eigenvalue weighted by atomic mass is 10.2. The van der Waals surface area contributed by atoms with Gasteiger partial charge in [0, 0.05) is 17.8 Å². The maximum atomic E-state index is 12.1. The molecule has 1 atom stereocenters. The van der Waals surface area contributed by atoms with Gasteiger partial charge in [-0.2, -0.15) is 5.10 Å². The van der Waals surface area contributed by atoms with Crippen molar-refractivity contribution in [1.82, 2.24) is 15.1 Å². The summed E-state index contributed by atoms with van der Waals surface area (Å²) in [4.78, 5) is 12.1. The molecule has 1 aromatic carbocycles. The van der Waals surface area contributed by atoms with E-state index in [2.05, 4.69) is 10.4 Å². The molecule has 1 N–H and O–H groups in total. The Hall–Kier alpha value is -2.76. The van der Waals surface area contributed by atoms with Crippen molar-refractivity contribution >= 4 is 12.0 Å². The van der Waals surface area contributed by atoms with E-state index in [0.717, 1.165) is 22.7 Å². The zero-order valence-electron chi connectivity index (χ0n) is 14.1. The predicted octanol–water partition coefficient (Wildman–Crippen LogP) is 2.45. The van der Waals surface area contributed by atoms with Crippen molar-refractivity contribution in [3.05, 3.63) is 47.3 Å². The summed E-state index contributed by atoms with van der Waals surface area (Å²) in [7, 11) is 0. The van der Waals surface area contributed by atoms with E-state index >= 15 is 0 Å². The van der Waals surface area contributed by atoms with E-state index in [-0.39, 0.29) is 18.7 Å². The number of fused-ring (bicyclic) bond motifs is 1. The van der Waals surface area contributed by atoms with Crippen molar-refractivity contribution in [2.75, 3.05) is 6.79 Å².